The molecule has 0 aromatic rings. The first-order valence-electron chi connectivity index (χ1n) is 10.5. The second kappa shape index (κ2) is 10.6. The molecule has 0 aliphatic carbocycles. The Kier molecular flexibility index (Phi) is 8.38. The molecule has 0 saturated carbocycles. The summed E-state index contributed by atoms with van der Waals surface area (Å²) in [5.74, 6) is -3.05. The van der Waals surface area contributed by atoms with Crippen LogP contribution in [0.15, 0.2) is 0 Å². The Hall–Kier alpha value is -2.93. The smallest absolute Gasteiger partial charge is 0.405 e. The SMILES string of the molecule is C[C@@H](O)[C@H](NC(=O)[C@H]1CCN(C(=O)[C@@H]2CCCN2C(=O)[C@@H](NC(=O)O)[C@@H](C)O)C1)C(N)=O. The molecule has 6 atom stereocenters. The lowest BCUT2D eigenvalue weighted by molar-refractivity contribution is -0.145. The van der Waals surface area contributed by atoms with E-state index in [9.17, 15) is 34.2 Å². The molecule has 5 amide bonds. The molecule has 2 saturated heterocycles. The van der Waals surface area contributed by atoms with Crippen LogP contribution in [0.4, 0.5) is 4.79 Å². The predicted octanol–water partition coefficient (Wildman–Crippen LogP) is -2.81. The second-order valence-electron chi connectivity index (χ2n) is 8.26. The van der Waals surface area contributed by atoms with Crippen molar-refractivity contribution in [2.24, 2.45) is 11.7 Å². The van der Waals surface area contributed by atoms with E-state index in [-0.39, 0.29) is 25.5 Å². The molecule has 32 heavy (non-hydrogen) atoms. The summed E-state index contributed by atoms with van der Waals surface area (Å²) in [6.45, 7) is 3.18. The Morgan fingerprint density at radius 3 is 2.12 bits per heavy atom. The third-order valence-electron chi connectivity index (χ3n) is 5.81. The molecule has 13 nitrogen and oxygen atoms in total. The average Bonchev–Trinajstić information content (AvgIpc) is 3.37. The summed E-state index contributed by atoms with van der Waals surface area (Å²) in [6, 6.07) is -3.46. The lowest BCUT2D eigenvalue weighted by Crippen LogP contribution is -2.57. The third-order valence-corrected chi connectivity index (χ3v) is 5.81. The average molecular weight is 457 g/mol. The Bertz CT molecular complexity index is 758. The first kappa shape index (κ1) is 25.3. The monoisotopic (exact) mass is 457 g/mol. The van der Waals surface area contributed by atoms with Crippen LogP contribution in [0.25, 0.3) is 0 Å². The van der Waals surface area contributed by atoms with Crippen molar-refractivity contribution in [1.29, 1.82) is 0 Å². The van der Waals surface area contributed by atoms with E-state index in [2.05, 4.69) is 5.32 Å². The molecule has 7 N–H and O–H groups in total. The molecular formula is C19H31N5O8. The first-order chi connectivity index (χ1) is 14.9. The zero-order valence-electron chi connectivity index (χ0n) is 18.1. The van der Waals surface area contributed by atoms with Gasteiger partial charge in [-0.05, 0) is 33.1 Å². The number of primary amides is 1. The topological polar surface area (TPSA) is 203 Å². The number of aliphatic hydroxyl groups is 2. The van der Waals surface area contributed by atoms with Gasteiger partial charge in [-0.2, -0.15) is 0 Å². The number of likely N-dealkylation sites (tertiary alicyclic amines) is 2. The highest BCUT2D eigenvalue weighted by Gasteiger charge is 2.43. The molecule has 0 aromatic carbocycles. The molecule has 0 spiro atoms. The van der Waals surface area contributed by atoms with E-state index in [0.717, 1.165) is 0 Å². The van der Waals surface area contributed by atoms with Crippen LogP contribution in [0.1, 0.15) is 33.1 Å². The molecule has 13 heteroatoms. The molecule has 2 fully saturated rings. The second-order valence-corrected chi connectivity index (χ2v) is 8.26. The summed E-state index contributed by atoms with van der Waals surface area (Å²) in [6.07, 6.45) is -2.68. The fourth-order valence-corrected chi connectivity index (χ4v) is 4.07. The van der Waals surface area contributed by atoms with Crippen molar-refractivity contribution < 1.29 is 39.3 Å². The minimum absolute atomic E-state index is 0.0711. The number of amides is 5. The lowest BCUT2D eigenvalue weighted by atomic mass is 10.1. The number of aliphatic hydroxyl groups excluding tert-OH is 2. The van der Waals surface area contributed by atoms with Crippen LogP contribution in [0.5, 0.6) is 0 Å². The summed E-state index contributed by atoms with van der Waals surface area (Å²) in [5, 5.41) is 32.7. The number of carbonyl (C=O) groups excluding carboxylic acids is 4. The van der Waals surface area contributed by atoms with Crippen molar-refractivity contribution in [3.8, 4) is 0 Å². The largest absolute Gasteiger partial charge is 0.465 e. The van der Waals surface area contributed by atoms with Gasteiger partial charge in [0.2, 0.25) is 23.6 Å². The highest BCUT2D eigenvalue weighted by atomic mass is 16.4. The van der Waals surface area contributed by atoms with E-state index in [1.165, 1.54) is 23.6 Å². The summed E-state index contributed by atoms with van der Waals surface area (Å²) < 4.78 is 0. The molecular weight excluding hydrogens is 426 g/mol. The maximum Gasteiger partial charge on any atom is 0.405 e. The number of nitrogens with zero attached hydrogens (tertiary/aromatic N) is 2. The predicted molar refractivity (Wildman–Crippen MR) is 109 cm³/mol. The van der Waals surface area contributed by atoms with Crippen LogP contribution in [-0.2, 0) is 19.2 Å². The van der Waals surface area contributed by atoms with Crippen LogP contribution in [0.2, 0.25) is 0 Å². The minimum Gasteiger partial charge on any atom is -0.465 e. The number of nitrogens with one attached hydrogen (secondary N) is 2. The number of hydrogen-bond donors (Lipinski definition) is 6. The standard InChI is InChI=1S/C19H31N5O8/c1-9(25)13(15(20)27)21-16(28)11-5-7-23(8-11)17(29)12-4-3-6-24(12)18(30)14(10(2)26)22-19(31)32/h9-14,22,25-26H,3-8H2,1-2H3,(H2,20,27)(H,21,28)(H,31,32)/t9-,10-,11+,12+,13+,14+/m1/s1. The molecule has 0 aromatic heterocycles. The van der Waals surface area contributed by atoms with Crippen LogP contribution < -0.4 is 16.4 Å². The maximum absolute atomic E-state index is 13.1. The van der Waals surface area contributed by atoms with Crippen molar-refractivity contribution in [1.82, 2.24) is 20.4 Å². The van der Waals surface area contributed by atoms with Crippen molar-refractivity contribution >= 4 is 29.7 Å². The quantitative estimate of drug-likeness (QED) is 0.224. The van der Waals surface area contributed by atoms with Gasteiger partial charge >= 0.3 is 6.09 Å². The van der Waals surface area contributed by atoms with Gasteiger partial charge in [0.05, 0.1) is 18.1 Å². The van der Waals surface area contributed by atoms with Gasteiger partial charge in [0.1, 0.15) is 18.1 Å². The van der Waals surface area contributed by atoms with Crippen LogP contribution in [-0.4, -0.2) is 105 Å². The number of rotatable bonds is 8. The highest BCUT2D eigenvalue weighted by Crippen LogP contribution is 2.25. The Labute approximate surface area is 184 Å². The fourth-order valence-electron chi connectivity index (χ4n) is 4.07. The van der Waals surface area contributed by atoms with Gasteiger partial charge in [-0.3, -0.25) is 19.2 Å². The Morgan fingerprint density at radius 1 is 0.969 bits per heavy atom. The van der Waals surface area contributed by atoms with E-state index >= 15 is 0 Å². The number of hydrogen-bond acceptors (Lipinski definition) is 7. The summed E-state index contributed by atoms with van der Waals surface area (Å²) in [5.41, 5.74) is 5.19. The Morgan fingerprint density at radius 2 is 1.59 bits per heavy atom. The normalized spacial score (nSPS) is 24.4. The van der Waals surface area contributed by atoms with Crippen molar-refractivity contribution in [3.05, 3.63) is 0 Å². The minimum atomic E-state index is -1.47. The van der Waals surface area contributed by atoms with Gasteiger partial charge in [-0.25, -0.2) is 4.79 Å². The van der Waals surface area contributed by atoms with Gasteiger partial charge in [-0.1, -0.05) is 0 Å². The molecule has 2 aliphatic heterocycles. The first-order valence-corrected chi connectivity index (χ1v) is 10.5. The van der Waals surface area contributed by atoms with Crippen molar-refractivity contribution in [2.45, 2.75) is 63.4 Å². The fraction of sp³-hybridized carbons (Fsp3) is 0.737. The van der Waals surface area contributed by atoms with E-state index in [1.54, 1.807) is 0 Å². The van der Waals surface area contributed by atoms with E-state index < -0.39 is 60.1 Å². The molecule has 2 aliphatic rings. The highest BCUT2D eigenvalue weighted by molar-refractivity contribution is 5.93. The van der Waals surface area contributed by atoms with Gasteiger partial charge in [0.25, 0.3) is 0 Å². The molecule has 0 unspecified atom stereocenters. The number of carboxylic acid groups (broad SMARTS) is 1. The number of carbonyl (C=O) groups is 5. The third kappa shape index (κ3) is 5.85. The van der Waals surface area contributed by atoms with E-state index in [0.29, 0.717) is 19.3 Å². The van der Waals surface area contributed by atoms with Crippen LogP contribution in [0.3, 0.4) is 0 Å². The summed E-state index contributed by atoms with van der Waals surface area (Å²) >= 11 is 0. The zero-order valence-corrected chi connectivity index (χ0v) is 18.1. The van der Waals surface area contributed by atoms with Crippen molar-refractivity contribution in [3.63, 3.8) is 0 Å². The summed E-state index contributed by atoms with van der Waals surface area (Å²) in [4.78, 5) is 63.4. The molecule has 2 heterocycles. The lowest BCUT2D eigenvalue weighted by Gasteiger charge is -2.31. The molecule has 180 valence electrons. The van der Waals surface area contributed by atoms with Gasteiger partial charge in [0.15, 0.2) is 0 Å². The summed E-state index contributed by atoms with van der Waals surface area (Å²) in [7, 11) is 0. The van der Waals surface area contributed by atoms with Crippen molar-refractivity contribution in [2.75, 3.05) is 19.6 Å². The molecule has 0 bridgehead atoms. The maximum atomic E-state index is 13.1. The van der Waals surface area contributed by atoms with Gasteiger partial charge in [-0.15, -0.1) is 0 Å². The van der Waals surface area contributed by atoms with Gasteiger partial charge in [0, 0.05) is 19.6 Å². The van der Waals surface area contributed by atoms with E-state index in [1.807, 2.05) is 5.32 Å². The van der Waals surface area contributed by atoms with Crippen LogP contribution >= 0.6 is 0 Å². The number of nitrogens with two attached hydrogens (primary N) is 1. The Balaban J connectivity index is 2.03. The zero-order chi connectivity index (χ0) is 24.2. The van der Waals surface area contributed by atoms with E-state index in [4.69, 9.17) is 10.8 Å². The molecule has 0 radical (unpaired) electrons. The van der Waals surface area contributed by atoms with Crippen LogP contribution in [0, 0.1) is 5.92 Å². The van der Waals surface area contributed by atoms with Gasteiger partial charge < -0.3 is 41.5 Å². The molecule has 2 rings (SSSR count).